The molecule has 22 heavy (non-hydrogen) atoms. The quantitative estimate of drug-likeness (QED) is 0.856. The maximum Gasteiger partial charge on any atom is 0.270 e. The minimum absolute atomic E-state index is 0.224. The topological polar surface area (TPSA) is 54.0 Å². The van der Waals surface area contributed by atoms with Crippen LogP contribution < -0.4 is 10.6 Å². The number of anilines is 2. The summed E-state index contributed by atoms with van der Waals surface area (Å²) in [4.78, 5) is 16.2. The fourth-order valence-corrected chi connectivity index (χ4v) is 2.24. The Morgan fingerprint density at radius 1 is 1.14 bits per heavy atom. The van der Waals surface area contributed by atoms with Crippen LogP contribution in [-0.4, -0.2) is 16.4 Å². The summed E-state index contributed by atoms with van der Waals surface area (Å²) in [6.07, 6.45) is 1.57. The van der Waals surface area contributed by atoms with Crippen LogP contribution in [0.1, 0.15) is 31.3 Å². The van der Waals surface area contributed by atoms with Gasteiger partial charge in [0, 0.05) is 22.4 Å². The van der Waals surface area contributed by atoms with Crippen molar-refractivity contribution < 1.29 is 4.79 Å². The van der Waals surface area contributed by atoms with Crippen LogP contribution in [0.5, 0.6) is 0 Å². The van der Waals surface area contributed by atoms with Gasteiger partial charge in [0.15, 0.2) is 0 Å². The molecule has 0 atom stereocenters. The second kappa shape index (κ2) is 6.55. The molecule has 0 saturated heterocycles. The summed E-state index contributed by atoms with van der Waals surface area (Å²) < 4.78 is 0. The lowest BCUT2D eigenvalue weighted by Gasteiger charge is -2.20. The summed E-state index contributed by atoms with van der Waals surface area (Å²) in [7, 11) is 0. The third kappa shape index (κ3) is 4.61. The number of hydrogen-bond donors (Lipinski definition) is 2. The van der Waals surface area contributed by atoms with Crippen molar-refractivity contribution in [1.29, 1.82) is 0 Å². The first kappa shape index (κ1) is 16.6. The molecule has 0 aliphatic carbocycles. The Hall–Kier alpha value is -1.78. The van der Waals surface area contributed by atoms with Crippen molar-refractivity contribution in [2.24, 2.45) is 0 Å². The number of nitrogens with zero attached hydrogens (tertiary/aromatic N) is 1. The standard InChI is InChI=1S/C16H17Cl2N3O/c1-16(2,3)21-15(22)14-9-11(6-7-19-14)20-13-5-4-10(17)8-12(13)18/h4-9H,1-3H3,(H,19,20)(H,21,22). The van der Waals surface area contributed by atoms with Crippen molar-refractivity contribution in [2.75, 3.05) is 5.32 Å². The van der Waals surface area contributed by atoms with Crippen LogP contribution in [0, 0.1) is 0 Å². The number of amides is 1. The number of hydrogen-bond acceptors (Lipinski definition) is 3. The molecule has 1 aromatic heterocycles. The Bertz CT molecular complexity index is 696. The molecule has 0 fully saturated rings. The second-order valence-electron chi connectivity index (χ2n) is 5.88. The van der Waals surface area contributed by atoms with E-state index in [-0.39, 0.29) is 11.4 Å². The lowest BCUT2D eigenvalue weighted by atomic mass is 10.1. The number of halogens is 2. The van der Waals surface area contributed by atoms with Gasteiger partial charge in [-0.25, -0.2) is 0 Å². The molecular formula is C16H17Cl2N3O. The number of nitrogens with one attached hydrogen (secondary N) is 2. The molecule has 1 aromatic carbocycles. The molecule has 0 radical (unpaired) electrons. The van der Waals surface area contributed by atoms with Crippen LogP contribution in [0.25, 0.3) is 0 Å². The summed E-state index contributed by atoms with van der Waals surface area (Å²) >= 11 is 12.0. The predicted molar refractivity (Wildman–Crippen MR) is 91.2 cm³/mol. The second-order valence-corrected chi connectivity index (χ2v) is 6.73. The highest BCUT2D eigenvalue weighted by Crippen LogP contribution is 2.28. The van der Waals surface area contributed by atoms with E-state index >= 15 is 0 Å². The fourth-order valence-electron chi connectivity index (χ4n) is 1.78. The molecule has 0 aliphatic heterocycles. The molecule has 1 amide bonds. The molecule has 1 heterocycles. The molecule has 0 aliphatic rings. The highest BCUT2D eigenvalue weighted by molar-refractivity contribution is 6.36. The molecule has 4 nitrogen and oxygen atoms in total. The zero-order valence-corrected chi connectivity index (χ0v) is 14.1. The number of rotatable bonds is 3. The highest BCUT2D eigenvalue weighted by atomic mass is 35.5. The van der Waals surface area contributed by atoms with Gasteiger partial charge in [-0.2, -0.15) is 0 Å². The SMILES string of the molecule is CC(C)(C)NC(=O)c1cc(Nc2ccc(Cl)cc2Cl)ccn1. The highest BCUT2D eigenvalue weighted by Gasteiger charge is 2.16. The monoisotopic (exact) mass is 337 g/mol. The van der Waals surface area contributed by atoms with Gasteiger partial charge in [-0.1, -0.05) is 23.2 Å². The van der Waals surface area contributed by atoms with Gasteiger partial charge >= 0.3 is 0 Å². The zero-order valence-electron chi connectivity index (χ0n) is 12.6. The van der Waals surface area contributed by atoms with Crippen molar-refractivity contribution in [2.45, 2.75) is 26.3 Å². The lowest BCUT2D eigenvalue weighted by molar-refractivity contribution is 0.0914. The predicted octanol–water partition coefficient (Wildman–Crippen LogP) is 4.66. The molecule has 2 N–H and O–H groups in total. The largest absolute Gasteiger partial charge is 0.354 e. The van der Waals surface area contributed by atoms with E-state index in [2.05, 4.69) is 15.6 Å². The average Bonchev–Trinajstić information content (AvgIpc) is 2.40. The van der Waals surface area contributed by atoms with Crippen LogP contribution >= 0.6 is 23.2 Å². The van der Waals surface area contributed by atoms with Crippen molar-refractivity contribution in [1.82, 2.24) is 10.3 Å². The van der Waals surface area contributed by atoms with E-state index in [1.807, 2.05) is 20.8 Å². The average molecular weight is 338 g/mol. The van der Waals surface area contributed by atoms with Crippen LogP contribution in [0.15, 0.2) is 36.5 Å². The molecule has 2 rings (SSSR count). The number of pyridine rings is 1. The third-order valence-electron chi connectivity index (χ3n) is 2.69. The Labute approximate surface area is 139 Å². The van der Waals surface area contributed by atoms with E-state index in [1.54, 1.807) is 36.5 Å². The van der Waals surface area contributed by atoms with Gasteiger partial charge in [-0.05, 0) is 51.1 Å². The van der Waals surface area contributed by atoms with Crippen molar-refractivity contribution in [3.8, 4) is 0 Å². The van der Waals surface area contributed by atoms with Gasteiger partial charge in [0.05, 0.1) is 10.7 Å². The van der Waals surface area contributed by atoms with Crippen molar-refractivity contribution >= 4 is 40.5 Å². The molecular weight excluding hydrogens is 321 g/mol. The van der Waals surface area contributed by atoms with E-state index in [4.69, 9.17) is 23.2 Å². The van der Waals surface area contributed by atoms with Gasteiger partial charge in [0.25, 0.3) is 5.91 Å². The van der Waals surface area contributed by atoms with E-state index in [9.17, 15) is 4.79 Å². The van der Waals surface area contributed by atoms with Crippen LogP contribution in [-0.2, 0) is 0 Å². The fraction of sp³-hybridized carbons (Fsp3) is 0.250. The lowest BCUT2D eigenvalue weighted by Crippen LogP contribution is -2.40. The number of aromatic nitrogens is 1. The van der Waals surface area contributed by atoms with Gasteiger partial charge in [0.1, 0.15) is 5.69 Å². The summed E-state index contributed by atoms with van der Waals surface area (Å²) in [5, 5.41) is 7.09. The Morgan fingerprint density at radius 3 is 2.50 bits per heavy atom. The minimum atomic E-state index is -0.318. The first-order chi connectivity index (χ1) is 10.2. The molecule has 0 spiro atoms. The molecule has 116 valence electrons. The van der Waals surface area contributed by atoms with Gasteiger partial charge in [-0.15, -0.1) is 0 Å². The van der Waals surface area contributed by atoms with E-state index < -0.39 is 0 Å². The van der Waals surface area contributed by atoms with E-state index in [0.717, 1.165) is 5.69 Å². The number of benzene rings is 1. The van der Waals surface area contributed by atoms with Crippen LogP contribution in [0.4, 0.5) is 11.4 Å². The number of carbonyl (C=O) groups is 1. The van der Waals surface area contributed by atoms with Gasteiger partial charge in [-0.3, -0.25) is 9.78 Å². The maximum atomic E-state index is 12.1. The zero-order chi connectivity index (χ0) is 16.3. The Kier molecular flexibility index (Phi) is 4.94. The first-order valence-corrected chi connectivity index (χ1v) is 7.51. The number of carbonyl (C=O) groups excluding carboxylic acids is 1. The van der Waals surface area contributed by atoms with E-state index in [0.29, 0.717) is 21.4 Å². The minimum Gasteiger partial charge on any atom is -0.354 e. The molecule has 0 bridgehead atoms. The maximum absolute atomic E-state index is 12.1. The molecule has 6 heteroatoms. The van der Waals surface area contributed by atoms with Crippen molar-refractivity contribution in [3.05, 3.63) is 52.3 Å². The summed E-state index contributed by atoms with van der Waals surface area (Å²) in [5.41, 5.74) is 1.45. The van der Waals surface area contributed by atoms with Crippen LogP contribution in [0.3, 0.4) is 0 Å². The summed E-state index contributed by atoms with van der Waals surface area (Å²) in [6, 6.07) is 8.61. The Balaban J connectivity index is 2.20. The van der Waals surface area contributed by atoms with Crippen LogP contribution in [0.2, 0.25) is 10.0 Å². The third-order valence-corrected chi connectivity index (χ3v) is 3.24. The van der Waals surface area contributed by atoms with Gasteiger partial charge < -0.3 is 10.6 Å². The summed E-state index contributed by atoms with van der Waals surface area (Å²) in [6.45, 7) is 5.75. The Morgan fingerprint density at radius 2 is 1.86 bits per heavy atom. The molecule has 2 aromatic rings. The smallest absolute Gasteiger partial charge is 0.270 e. The normalized spacial score (nSPS) is 11.1. The molecule has 0 saturated carbocycles. The van der Waals surface area contributed by atoms with Gasteiger partial charge in [0.2, 0.25) is 0 Å². The van der Waals surface area contributed by atoms with E-state index in [1.165, 1.54) is 0 Å². The van der Waals surface area contributed by atoms with Crippen molar-refractivity contribution in [3.63, 3.8) is 0 Å². The first-order valence-electron chi connectivity index (χ1n) is 6.75. The molecule has 0 unspecified atom stereocenters. The summed E-state index contributed by atoms with van der Waals surface area (Å²) in [5.74, 6) is -0.224.